The highest BCUT2D eigenvalue weighted by Crippen LogP contribution is 2.36. The van der Waals surface area contributed by atoms with Crippen LogP contribution in [-0.2, 0) is 24.3 Å². The zero-order chi connectivity index (χ0) is 16.8. The summed E-state index contributed by atoms with van der Waals surface area (Å²) in [4.78, 5) is 16.2. The molecule has 120 valence electrons. The van der Waals surface area contributed by atoms with E-state index < -0.39 is 23.7 Å². The van der Waals surface area contributed by atoms with E-state index in [0.29, 0.717) is 0 Å². The Morgan fingerprint density at radius 3 is 2.23 bits per heavy atom. The minimum atomic E-state index is -0.776. The molecule has 1 aromatic rings. The topological polar surface area (TPSA) is 57.7 Å². The van der Waals surface area contributed by atoms with Gasteiger partial charge < -0.3 is 14.0 Å². The monoisotopic (exact) mass is 305 g/mol. The highest BCUT2D eigenvalue weighted by Gasteiger charge is 2.52. The second-order valence-corrected chi connectivity index (χ2v) is 7.21. The number of ether oxygens (including phenoxy) is 1. The highest BCUT2D eigenvalue weighted by molar-refractivity contribution is 6.62. The summed E-state index contributed by atoms with van der Waals surface area (Å²) in [5.74, 6) is -0.305. The van der Waals surface area contributed by atoms with Crippen LogP contribution in [0, 0.1) is 0 Å². The maximum atomic E-state index is 12.0. The Labute approximate surface area is 132 Å². The summed E-state index contributed by atoms with van der Waals surface area (Å²) in [5, 5.41) is 0. The number of carbonyl (C=O) groups excluding carboxylic acids is 1. The first-order valence-electron chi connectivity index (χ1n) is 7.41. The summed E-state index contributed by atoms with van der Waals surface area (Å²) >= 11 is 0. The molecule has 22 heavy (non-hydrogen) atoms. The SMILES string of the molecule is COC(=O)C(C)(C)c1cncc(B2OC(C)(C)C(C)(C)O2)c1. The molecule has 1 aromatic heterocycles. The molecule has 2 heterocycles. The lowest BCUT2D eigenvalue weighted by Gasteiger charge is -2.32. The number of hydrogen-bond donors (Lipinski definition) is 0. The molecule has 0 N–H and O–H groups in total. The highest BCUT2D eigenvalue weighted by atomic mass is 16.7. The van der Waals surface area contributed by atoms with Gasteiger partial charge in [0.1, 0.15) is 0 Å². The third-order valence-corrected chi connectivity index (χ3v) is 4.70. The molecule has 0 saturated carbocycles. The minimum Gasteiger partial charge on any atom is -0.468 e. The molecular formula is C16H24BNO4. The maximum absolute atomic E-state index is 12.0. The van der Waals surface area contributed by atoms with Crippen molar-refractivity contribution in [2.75, 3.05) is 7.11 Å². The number of aromatic nitrogens is 1. The Hall–Kier alpha value is -1.40. The average Bonchev–Trinajstić information content (AvgIpc) is 2.66. The van der Waals surface area contributed by atoms with Gasteiger partial charge in [-0.15, -0.1) is 0 Å². The van der Waals surface area contributed by atoms with Crippen LogP contribution in [0.3, 0.4) is 0 Å². The van der Waals surface area contributed by atoms with Crippen molar-refractivity contribution in [3.8, 4) is 0 Å². The van der Waals surface area contributed by atoms with E-state index in [9.17, 15) is 4.79 Å². The number of carbonyl (C=O) groups is 1. The van der Waals surface area contributed by atoms with Crippen LogP contribution in [0.25, 0.3) is 0 Å². The lowest BCUT2D eigenvalue weighted by atomic mass is 9.76. The summed E-state index contributed by atoms with van der Waals surface area (Å²) in [7, 11) is 0.890. The van der Waals surface area contributed by atoms with Crippen LogP contribution in [0.2, 0.25) is 0 Å². The number of rotatable bonds is 3. The Balaban J connectivity index is 2.33. The van der Waals surface area contributed by atoms with Gasteiger partial charge in [0.15, 0.2) is 0 Å². The van der Waals surface area contributed by atoms with Crippen molar-refractivity contribution in [3.05, 3.63) is 24.0 Å². The van der Waals surface area contributed by atoms with Gasteiger partial charge in [-0.3, -0.25) is 9.78 Å². The number of methoxy groups -OCH3 is 1. The summed E-state index contributed by atoms with van der Waals surface area (Å²) in [6.07, 6.45) is 3.38. The van der Waals surface area contributed by atoms with Crippen LogP contribution in [0.5, 0.6) is 0 Å². The largest absolute Gasteiger partial charge is 0.496 e. The van der Waals surface area contributed by atoms with E-state index in [1.54, 1.807) is 12.4 Å². The van der Waals surface area contributed by atoms with Crippen molar-refractivity contribution >= 4 is 18.6 Å². The molecule has 0 amide bonds. The molecule has 0 aliphatic carbocycles. The van der Waals surface area contributed by atoms with Crippen LogP contribution in [-0.4, -0.2) is 36.4 Å². The first-order chi connectivity index (χ1) is 10.0. The second-order valence-electron chi connectivity index (χ2n) is 7.21. The maximum Gasteiger partial charge on any atom is 0.496 e. The smallest absolute Gasteiger partial charge is 0.468 e. The fraction of sp³-hybridized carbons (Fsp3) is 0.625. The van der Waals surface area contributed by atoms with Crippen LogP contribution >= 0.6 is 0 Å². The third kappa shape index (κ3) is 2.77. The zero-order valence-corrected chi connectivity index (χ0v) is 14.4. The van der Waals surface area contributed by atoms with Crippen molar-refractivity contribution in [2.24, 2.45) is 0 Å². The Kier molecular flexibility index (Phi) is 4.13. The van der Waals surface area contributed by atoms with E-state index in [-0.39, 0.29) is 5.97 Å². The van der Waals surface area contributed by atoms with E-state index in [2.05, 4.69) is 4.98 Å². The summed E-state index contributed by atoms with van der Waals surface area (Å²) in [6, 6.07) is 1.89. The molecule has 0 bridgehead atoms. The van der Waals surface area contributed by atoms with E-state index in [0.717, 1.165) is 11.0 Å². The minimum absolute atomic E-state index is 0.305. The third-order valence-electron chi connectivity index (χ3n) is 4.70. The normalized spacial score (nSPS) is 20.0. The molecule has 1 aliphatic heterocycles. The fourth-order valence-electron chi connectivity index (χ4n) is 2.28. The predicted molar refractivity (Wildman–Crippen MR) is 85.0 cm³/mol. The van der Waals surface area contributed by atoms with Gasteiger partial charge in [0.25, 0.3) is 0 Å². The predicted octanol–water partition coefficient (Wildman–Crippen LogP) is 1.83. The van der Waals surface area contributed by atoms with Gasteiger partial charge in [-0.05, 0) is 47.1 Å². The molecule has 0 aromatic carbocycles. The molecule has 6 heteroatoms. The lowest BCUT2D eigenvalue weighted by molar-refractivity contribution is -0.146. The number of nitrogens with zero attached hydrogens (tertiary/aromatic N) is 1. The van der Waals surface area contributed by atoms with Crippen molar-refractivity contribution in [1.29, 1.82) is 0 Å². The standard InChI is InChI=1S/C16H24BNO4/c1-14(2,13(19)20-7)11-8-12(10-18-9-11)17-21-15(3,4)16(5,6)22-17/h8-10H,1-7H3. The first kappa shape index (κ1) is 17.0. The van der Waals surface area contributed by atoms with Gasteiger partial charge in [-0.1, -0.05) is 6.07 Å². The number of pyridine rings is 1. The van der Waals surface area contributed by atoms with Crippen LogP contribution in [0.15, 0.2) is 18.5 Å². The molecule has 0 atom stereocenters. The van der Waals surface area contributed by atoms with E-state index in [4.69, 9.17) is 14.0 Å². The van der Waals surface area contributed by atoms with Gasteiger partial charge in [-0.25, -0.2) is 0 Å². The molecule has 1 aliphatic rings. The molecule has 1 saturated heterocycles. The van der Waals surface area contributed by atoms with Gasteiger partial charge in [-0.2, -0.15) is 0 Å². The van der Waals surface area contributed by atoms with Crippen LogP contribution in [0.1, 0.15) is 47.1 Å². The van der Waals surface area contributed by atoms with Gasteiger partial charge >= 0.3 is 13.1 Å². The number of hydrogen-bond acceptors (Lipinski definition) is 5. The van der Waals surface area contributed by atoms with Crippen LogP contribution in [0.4, 0.5) is 0 Å². The fourth-order valence-corrected chi connectivity index (χ4v) is 2.28. The molecule has 0 spiro atoms. The lowest BCUT2D eigenvalue weighted by Crippen LogP contribution is -2.41. The van der Waals surface area contributed by atoms with Crippen LogP contribution < -0.4 is 5.46 Å². The summed E-state index contributed by atoms with van der Waals surface area (Å²) < 4.78 is 16.9. The van der Waals surface area contributed by atoms with Gasteiger partial charge in [0.05, 0.1) is 23.7 Å². The van der Waals surface area contributed by atoms with Gasteiger partial charge in [0.2, 0.25) is 0 Å². The van der Waals surface area contributed by atoms with Crippen molar-refractivity contribution in [1.82, 2.24) is 4.98 Å². The van der Waals surface area contributed by atoms with E-state index >= 15 is 0 Å². The summed E-state index contributed by atoms with van der Waals surface area (Å²) in [6.45, 7) is 11.6. The molecule has 2 rings (SSSR count). The van der Waals surface area contributed by atoms with Crippen molar-refractivity contribution in [3.63, 3.8) is 0 Å². The van der Waals surface area contributed by atoms with Gasteiger partial charge in [0, 0.05) is 17.9 Å². The second kappa shape index (κ2) is 5.35. The molecule has 0 radical (unpaired) electrons. The van der Waals surface area contributed by atoms with E-state index in [1.165, 1.54) is 7.11 Å². The Morgan fingerprint density at radius 2 is 1.73 bits per heavy atom. The summed E-state index contributed by atoms with van der Waals surface area (Å²) in [5.41, 5.74) is -0.0296. The molecule has 1 fully saturated rings. The average molecular weight is 305 g/mol. The van der Waals surface area contributed by atoms with Crippen molar-refractivity contribution < 1.29 is 18.8 Å². The van der Waals surface area contributed by atoms with E-state index in [1.807, 2.05) is 47.6 Å². The molecule has 0 unspecified atom stereocenters. The Bertz CT molecular complexity index is 567. The molecular weight excluding hydrogens is 281 g/mol. The van der Waals surface area contributed by atoms with Crippen molar-refractivity contribution in [2.45, 2.75) is 58.2 Å². The number of esters is 1. The first-order valence-corrected chi connectivity index (χ1v) is 7.41. The Morgan fingerprint density at radius 1 is 1.18 bits per heavy atom. The quantitative estimate of drug-likeness (QED) is 0.630. The molecule has 5 nitrogen and oxygen atoms in total. The zero-order valence-electron chi connectivity index (χ0n) is 14.4.